The number of halogens is 1. The van der Waals surface area contributed by atoms with Crippen molar-refractivity contribution in [3.63, 3.8) is 0 Å². The van der Waals surface area contributed by atoms with Crippen molar-refractivity contribution >= 4 is 22.6 Å². The van der Waals surface area contributed by atoms with Gasteiger partial charge in [-0.3, -0.25) is 0 Å². The first-order valence-electron chi connectivity index (χ1n) is 6.33. The molecule has 2 rings (SSSR count). The van der Waals surface area contributed by atoms with Crippen LogP contribution in [0.5, 0.6) is 0 Å². The lowest BCUT2D eigenvalue weighted by Crippen LogP contribution is -2.20. The van der Waals surface area contributed by atoms with E-state index in [1.54, 1.807) is 0 Å². The van der Waals surface area contributed by atoms with E-state index in [0.29, 0.717) is 6.04 Å². The molecule has 0 amide bonds. The lowest BCUT2D eigenvalue weighted by atomic mass is 10.2. The fraction of sp³-hybridized carbons (Fsp3) is 0.333. The molecule has 0 saturated heterocycles. The predicted octanol–water partition coefficient (Wildman–Crippen LogP) is 3.81. The molecule has 18 heavy (non-hydrogen) atoms. The van der Waals surface area contributed by atoms with Crippen LogP contribution in [0.3, 0.4) is 0 Å². The molecule has 3 heteroatoms. The fourth-order valence-electron chi connectivity index (χ4n) is 2.16. The Bertz CT molecular complexity index is 487. The van der Waals surface area contributed by atoms with Gasteiger partial charge < -0.3 is 9.88 Å². The van der Waals surface area contributed by atoms with Crippen LogP contribution in [0.15, 0.2) is 42.6 Å². The predicted molar refractivity (Wildman–Crippen MR) is 84.8 cm³/mol. The molecule has 0 spiro atoms. The summed E-state index contributed by atoms with van der Waals surface area (Å²) >= 11 is 2.34. The van der Waals surface area contributed by atoms with Gasteiger partial charge in [0.2, 0.25) is 0 Å². The molecule has 2 aromatic rings. The molecule has 1 heterocycles. The zero-order chi connectivity index (χ0) is 13.0. The number of nitrogens with one attached hydrogen (secondary N) is 1. The van der Waals surface area contributed by atoms with E-state index < -0.39 is 0 Å². The average Bonchev–Trinajstić information content (AvgIpc) is 2.81. The molecule has 0 bridgehead atoms. The van der Waals surface area contributed by atoms with E-state index >= 15 is 0 Å². The largest absolute Gasteiger partial charge is 0.346 e. The smallest absolute Gasteiger partial charge is 0.0473 e. The molecule has 1 N–H and O–H groups in total. The van der Waals surface area contributed by atoms with Gasteiger partial charge in [-0.15, -0.1) is 0 Å². The first kappa shape index (κ1) is 13.6. The Labute approximate surface area is 123 Å². The molecule has 0 aliphatic carbocycles. The molecule has 0 fully saturated rings. The van der Waals surface area contributed by atoms with Crippen LogP contribution in [0.25, 0.3) is 0 Å². The number of hydrogen-bond acceptors (Lipinski definition) is 1. The summed E-state index contributed by atoms with van der Waals surface area (Å²) < 4.78 is 3.60. The molecular formula is C15H19IN2. The van der Waals surface area contributed by atoms with Crippen LogP contribution in [0.2, 0.25) is 0 Å². The van der Waals surface area contributed by atoms with Crippen LogP contribution in [0, 0.1) is 3.57 Å². The maximum atomic E-state index is 3.46. The van der Waals surface area contributed by atoms with Crippen molar-refractivity contribution in [3.05, 3.63) is 57.4 Å². The Balaban J connectivity index is 2.14. The second-order valence-corrected chi connectivity index (χ2v) is 5.71. The van der Waals surface area contributed by atoms with Crippen molar-refractivity contribution in [1.82, 2.24) is 9.88 Å². The third kappa shape index (κ3) is 3.36. The lowest BCUT2D eigenvalue weighted by molar-refractivity contribution is 0.553. The van der Waals surface area contributed by atoms with Crippen LogP contribution in [-0.4, -0.2) is 11.1 Å². The minimum atomic E-state index is 0.397. The zero-order valence-corrected chi connectivity index (χ0v) is 13.0. The highest BCUT2D eigenvalue weighted by Crippen LogP contribution is 2.16. The summed E-state index contributed by atoms with van der Waals surface area (Å²) in [4.78, 5) is 0. The number of benzene rings is 1. The van der Waals surface area contributed by atoms with E-state index in [1.165, 1.54) is 14.8 Å². The molecule has 0 aliphatic rings. The van der Waals surface area contributed by atoms with Crippen molar-refractivity contribution in [1.29, 1.82) is 0 Å². The molecule has 1 atom stereocenters. The van der Waals surface area contributed by atoms with Crippen LogP contribution in [0.4, 0.5) is 0 Å². The third-order valence-corrected chi connectivity index (χ3v) is 3.80. The topological polar surface area (TPSA) is 17.0 Å². The summed E-state index contributed by atoms with van der Waals surface area (Å²) in [5, 5.41) is 3.46. The van der Waals surface area contributed by atoms with Gasteiger partial charge in [0, 0.05) is 28.0 Å². The molecule has 0 saturated carbocycles. The maximum Gasteiger partial charge on any atom is 0.0473 e. The van der Waals surface area contributed by atoms with Gasteiger partial charge in [0.1, 0.15) is 0 Å². The van der Waals surface area contributed by atoms with Crippen LogP contribution in [-0.2, 0) is 6.54 Å². The maximum absolute atomic E-state index is 3.46. The van der Waals surface area contributed by atoms with Gasteiger partial charge in [-0.05, 0) is 65.9 Å². The normalized spacial score (nSPS) is 12.6. The first-order valence-corrected chi connectivity index (χ1v) is 7.41. The summed E-state index contributed by atoms with van der Waals surface area (Å²) in [6, 6.07) is 13.4. The van der Waals surface area contributed by atoms with Crippen LogP contribution in [0.1, 0.15) is 31.1 Å². The van der Waals surface area contributed by atoms with Crippen molar-refractivity contribution in [2.45, 2.75) is 26.4 Å². The van der Waals surface area contributed by atoms with Crippen molar-refractivity contribution in [2.75, 3.05) is 6.54 Å². The quantitative estimate of drug-likeness (QED) is 0.808. The van der Waals surface area contributed by atoms with Gasteiger partial charge in [0.15, 0.2) is 0 Å². The summed E-state index contributed by atoms with van der Waals surface area (Å²) in [6.07, 6.45) is 2.15. The molecule has 1 aromatic carbocycles. The minimum Gasteiger partial charge on any atom is -0.346 e. The number of rotatable bonds is 5. The Kier molecular flexibility index (Phi) is 4.83. The van der Waals surface area contributed by atoms with Crippen LogP contribution >= 0.6 is 22.6 Å². The lowest BCUT2D eigenvalue weighted by Gasteiger charge is -2.16. The highest BCUT2D eigenvalue weighted by Gasteiger charge is 2.08. The third-order valence-electron chi connectivity index (χ3n) is 3.08. The summed E-state index contributed by atoms with van der Waals surface area (Å²) in [6.45, 7) is 6.29. The summed E-state index contributed by atoms with van der Waals surface area (Å²) in [7, 11) is 0. The van der Waals surface area contributed by atoms with Gasteiger partial charge in [0.25, 0.3) is 0 Å². The molecule has 1 aromatic heterocycles. The van der Waals surface area contributed by atoms with Gasteiger partial charge >= 0.3 is 0 Å². The van der Waals surface area contributed by atoms with Gasteiger partial charge in [-0.25, -0.2) is 0 Å². The van der Waals surface area contributed by atoms with Gasteiger partial charge in [-0.2, -0.15) is 0 Å². The molecule has 1 unspecified atom stereocenters. The van der Waals surface area contributed by atoms with Crippen molar-refractivity contribution in [2.24, 2.45) is 0 Å². The molecule has 96 valence electrons. The molecule has 2 nitrogen and oxygen atoms in total. The monoisotopic (exact) mass is 354 g/mol. The van der Waals surface area contributed by atoms with E-state index in [4.69, 9.17) is 0 Å². The zero-order valence-electron chi connectivity index (χ0n) is 10.9. The Hall–Kier alpha value is -0.810. The Morgan fingerprint density at radius 1 is 1.22 bits per heavy atom. The highest BCUT2D eigenvalue weighted by molar-refractivity contribution is 14.1. The first-order chi connectivity index (χ1) is 8.70. The summed E-state index contributed by atoms with van der Waals surface area (Å²) in [5.74, 6) is 0. The van der Waals surface area contributed by atoms with Crippen LogP contribution < -0.4 is 5.32 Å². The van der Waals surface area contributed by atoms with Crippen molar-refractivity contribution in [3.8, 4) is 0 Å². The molecular weight excluding hydrogens is 335 g/mol. The SMILES string of the molecule is CCNC(C)c1cccn1Cc1ccc(I)cc1. The second-order valence-electron chi connectivity index (χ2n) is 4.47. The van der Waals surface area contributed by atoms with Gasteiger partial charge in [0.05, 0.1) is 0 Å². The summed E-state index contributed by atoms with van der Waals surface area (Å²) in [5.41, 5.74) is 2.69. The number of aromatic nitrogens is 1. The number of nitrogens with zero attached hydrogens (tertiary/aromatic N) is 1. The van der Waals surface area contributed by atoms with E-state index in [-0.39, 0.29) is 0 Å². The standard InChI is InChI=1S/C15H19IN2/c1-3-17-12(2)15-5-4-10-18(15)11-13-6-8-14(16)9-7-13/h4-10,12,17H,3,11H2,1-2H3. The Morgan fingerprint density at radius 3 is 2.61 bits per heavy atom. The van der Waals surface area contributed by atoms with Gasteiger partial charge in [-0.1, -0.05) is 19.1 Å². The van der Waals surface area contributed by atoms with E-state index in [2.05, 4.69) is 88.9 Å². The second kappa shape index (κ2) is 6.38. The van der Waals surface area contributed by atoms with E-state index in [9.17, 15) is 0 Å². The number of hydrogen-bond donors (Lipinski definition) is 1. The molecule has 0 aliphatic heterocycles. The van der Waals surface area contributed by atoms with E-state index in [0.717, 1.165) is 13.1 Å². The highest BCUT2D eigenvalue weighted by atomic mass is 127. The van der Waals surface area contributed by atoms with Crippen molar-refractivity contribution < 1.29 is 0 Å². The average molecular weight is 354 g/mol. The fourth-order valence-corrected chi connectivity index (χ4v) is 2.52. The molecule has 0 radical (unpaired) electrons. The van der Waals surface area contributed by atoms with E-state index in [1.807, 2.05) is 0 Å². The minimum absolute atomic E-state index is 0.397. The Morgan fingerprint density at radius 2 is 1.94 bits per heavy atom.